The molecule has 0 radical (unpaired) electrons. The van der Waals surface area contributed by atoms with Gasteiger partial charge in [0.05, 0.1) is 25.5 Å². The molecule has 0 spiro atoms. The van der Waals surface area contributed by atoms with Crippen molar-refractivity contribution in [1.29, 1.82) is 0 Å². The number of aromatic nitrogens is 2. The van der Waals surface area contributed by atoms with Gasteiger partial charge in [0.1, 0.15) is 5.82 Å². The van der Waals surface area contributed by atoms with Crippen LogP contribution >= 0.6 is 0 Å². The summed E-state index contributed by atoms with van der Waals surface area (Å²) in [5.41, 5.74) is 7.80. The molecule has 0 amide bonds. The van der Waals surface area contributed by atoms with Gasteiger partial charge in [-0.1, -0.05) is 0 Å². The molecule has 4 rings (SSSR count). The minimum atomic E-state index is 0.362. The van der Waals surface area contributed by atoms with Crippen LogP contribution in [0.15, 0.2) is 29.4 Å². The lowest BCUT2D eigenvalue weighted by Crippen LogP contribution is -2.22. The number of ether oxygens (including phenoxy) is 2. The van der Waals surface area contributed by atoms with Gasteiger partial charge in [-0.3, -0.25) is 0 Å². The van der Waals surface area contributed by atoms with E-state index in [2.05, 4.69) is 26.1 Å². The van der Waals surface area contributed by atoms with E-state index in [9.17, 15) is 0 Å². The maximum absolute atomic E-state index is 6.01. The predicted molar refractivity (Wildman–Crippen MR) is 96.2 cm³/mol. The summed E-state index contributed by atoms with van der Waals surface area (Å²) >= 11 is 0. The highest BCUT2D eigenvalue weighted by Crippen LogP contribution is 2.32. The number of nitrogens with zero attached hydrogens (tertiary/aromatic N) is 3. The Labute approximate surface area is 146 Å². The van der Waals surface area contributed by atoms with Crippen molar-refractivity contribution in [3.05, 3.63) is 35.9 Å². The van der Waals surface area contributed by atoms with E-state index in [1.54, 1.807) is 0 Å². The van der Waals surface area contributed by atoms with Gasteiger partial charge in [-0.25, -0.2) is 9.98 Å². The first kappa shape index (κ1) is 15.8. The van der Waals surface area contributed by atoms with E-state index in [1.165, 1.54) is 12.8 Å². The number of aliphatic imine (C=N–C) groups is 1. The van der Waals surface area contributed by atoms with Crippen molar-refractivity contribution >= 4 is 11.6 Å². The average Bonchev–Trinajstić information content (AvgIpc) is 2.90. The Kier molecular flexibility index (Phi) is 4.45. The fourth-order valence-corrected chi connectivity index (χ4v) is 3.14. The van der Waals surface area contributed by atoms with E-state index in [0.717, 1.165) is 48.1 Å². The summed E-state index contributed by atoms with van der Waals surface area (Å²) < 4.78 is 13.5. The number of nitrogens with one attached hydrogen (secondary N) is 1. The number of fused-ring (bicyclic) bond motifs is 2. The first-order valence-corrected chi connectivity index (χ1v) is 8.79. The molecule has 0 aliphatic carbocycles. The van der Waals surface area contributed by atoms with Crippen LogP contribution in [-0.2, 0) is 19.5 Å². The topological polar surface area (TPSA) is 86.7 Å². The average molecular weight is 341 g/mol. The van der Waals surface area contributed by atoms with Crippen molar-refractivity contribution in [2.45, 2.75) is 38.8 Å². The molecule has 2 aliphatic rings. The van der Waals surface area contributed by atoms with Gasteiger partial charge >= 0.3 is 0 Å². The lowest BCUT2D eigenvalue weighted by Gasteiger charge is -2.11. The molecule has 132 valence electrons. The smallest absolute Gasteiger partial charge is 0.193 e. The minimum absolute atomic E-state index is 0.362. The van der Waals surface area contributed by atoms with Gasteiger partial charge in [-0.05, 0) is 25.0 Å². The molecule has 25 heavy (non-hydrogen) atoms. The summed E-state index contributed by atoms with van der Waals surface area (Å²) in [6.45, 7) is 2.86. The number of hydrogen-bond acceptors (Lipinski definition) is 4. The third-order valence-corrected chi connectivity index (χ3v) is 4.39. The predicted octanol–water partition coefficient (Wildman–Crippen LogP) is 2.31. The molecule has 3 heterocycles. The zero-order chi connectivity index (χ0) is 17.1. The molecule has 2 aliphatic heterocycles. The highest BCUT2D eigenvalue weighted by atomic mass is 16.5. The fourth-order valence-electron chi connectivity index (χ4n) is 3.14. The van der Waals surface area contributed by atoms with Crippen molar-refractivity contribution in [3.8, 4) is 11.5 Å². The van der Waals surface area contributed by atoms with Gasteiger partial charge in [0, 0.05) is 37.3 Å². The highest BCUT2D eigenvalue weighted by molar-refractivity contribution is 5.92. The van der Waals surface area contributed by atoms with Crippen LogP contribution in [0.3, 0.4) is 0 Å². The number of rotatable bonds is 3. The van der Waals surface area contributed by atoms with E-state index in [1.807, 2.05) is 18.2 Å². The number of guanidine groups is 1. The van der Waals surface area contributed by atoms with E-state index in [0.29, 0.717) is 25.7 Å². The van der Waals surface area contributed by atoms with Gasteiger partial charge in [0.25, 0.3) is 0 Å². The monoisotopic (exact) mass is 341 g/mol. The van der Waals surface area contributed by atoms with Crippen LogP contribution in [0.4, 0.5) is 5.69 Å². The molecule has 1 aromatic carbocycles. The molecule has 0 unspecified atom stereocenters. The molecule has 7 nitrogen and oxygen atoms in total. The molecule has 0 bridgehead atoms. The Morgan fingerprint density at radius 3 is 2.96 bits per heavy atom. The first-order chi connectivity index (χ1) is 12.3. The third kappa shape index (κ3) is 3.70. The van der Waals surface area contributed by atoms with Gasteiger partial charge in [-0.15, -0.1) is 0 Å². The number of benzene rings is 1. The van der Waals surface area contributed by atoms with Crippen LogP contribution in [0.2, 0.25) is 0 Å². The summed E-state index contributed by atoms with van der Waals surface area (Å²) in [4.78, 5) is 9.03. The van der Waals surface area contributed by atoms with Crippen LogP contribution < -0.4 is 20.5 Å². The summed E-state index contributed by atoms with van der Waals surface area (Å²) in [5, 5.41) is 3.10. The maximum Gasteiger partial charge on any atom is 0.193 e. The summed E-state index contributed by atoms with van der Waals surface area (Å²) in [6.07, 6.45) is 6.45. The molecular weight excluding hydrogens is 318 g/mol. The maximum atomic E-state index is 6.01. The van der Waals surface area contributed by atoms with Gasteiger partial charge < -0.3 is 25.1 Å². The van der Waals surface area contributed by atoms with Gasteiger partial charge in [0.15, 0.2) is 17.5 Å². The molecular formula is C18H23N5O2. The van der Waals surface area contributed by atoms with Crippen LogP contribution in [0.25, 0.3) is 0 Å². The number of aryl methyl sites for hydroxylation is 2. The van der Waals surface area contributed by atoms with E-state index in [-0.39, 0.29) is 0 Å². The largest absolute Gasteiger partial charge is 0.490 e. The van der Waals surface area contributed by atoms with Crippen LogP contribution in [0.1, 0.15) is 30.8 Å². The van der Waals surface area contributed by atoms with Crippen molar-refractivity contribution in [2.24, 2.45) is 10.7 Å². The molecule has 0 saturated heterocycles. The highest BCUT2D eigenvalue weighted by Gasteiger charge is 2.12. The minimum Gasteiger partial charge on any atom is -0.490 e. The Bertz CT molecular complexity index is 760. The number of nitrogens with two attached hydrogens (primary N) is 1. The zero-order valence-corrected chi connectivity index (χ0v) is 14.2. The van der Waals surface area contributed by atoms with E-state index >= 15 is 0 Å². The normalized spacial score (nSPS) is 16.9. The van der Waals surface area contributed by atoms with Gasteiger partial charge in [-0.2, -0.15) is 0 Å². The van der Waals surface area contributed by atoms with Crippen LogP contribution in [-0.4, -0.2) is 28.7 Å². The molecule has 1 aromatic heterocycles. The Morgan fingerprint density at radius 2 is 2.08 bits per heavy atom. The second-order valence-corrected chi connectivity index (χ2v) is 6.34. The third-order valence-electron chi connectivity index (χ3n) is 4.39. The Hall–Kier alpha value is -2.70. The molecule has 0 atom stereocenters. The quantitative estimate of drug-likeness (QED) is 0.661. The van der Waals surface area contributed by atoms with Crippen LogP contribution in [0.5, 0.6) is 11.5 Å². The lowest BCUT2D eigenvalue weighted by atomic mass is 10.2. The SMILES string of the molecule is NC(=NCc1cn2c(n1)CCCC2)Nc1ccc2c(c1)OCCCO2. The summed E-state index contributed by atoms with van der Waals surface area (Å²) in [6, 6.07) is 5.68. The molecule has 0 fully saturated rings. The molecule has 2 aromatic rings. The first-order valence-electron chi connectivity index (χ1n) is 8.79. The Morgan fingerprint density at radius 1 is 1.20 bits per heavy atom. The van der Waals surface area contributed by atoms with Crippen molar-refractivity contribution in [2.75, 3.05) is 18.5 Å². The van der Waals surface area contributed by atoms with Crippen molar-refractivity contribution in [3.63, 3.8) is 0 Å². The zero-order valence-electron chi connectivity index (χ0n) is 14.2. The molecule has 7 heteroatoms. The lowest BCUT2D eigenvalue weighted by molar-refractivity contribution is 0.297. The standard InChI is InChI=1S/C18H23N5O2/c19-18(20-11-14-12-23-7-2-1-4-17(23)21-14)22-13-5-6-15-16(10-13)25-9-3-8-24-15/h5-6,10,12H,1-4,7-9,11H2,(H3,19,20,22). The van der Waals surface area contributed by atoms with E-state index in [4.69, 9.17) is 15.2 Å². The Balaban J connectivity index is 1.41. The van der Waals surface area contributed by atoms with Crippen molar-refractivity contribution < 1.29 is 9.47 Å². The summed E-state index contributed by atoms with van der Waals surface area (Å²) in [7, 11) is 0. The van der Waals surface area contributed by atoms with Gasteiger partial charge in [0.2, 0.25) is 0 Å². The fraction of sp³-hybridized carbons (Fsp3) is 0.444. The summed E-state index contributed by atoms with van der Waals surface area (Å²) in [5.74, 6) is 3.02. The van der Waals surface area contributed by atoms with Crippen molar-refractivity contribution in [1.82, 2.24) is 9.55 Å². The number of anilines is 1. The molecule has 0 saturated carbocycles. The number of hydrogen-bond donors (Lipinski definition) is 2. The number of imidazole rings is 1. The van der Waals surface area contributed by atoms with E-state index < -0.39 is 0 Å². The van der Waals surface area contributed by atoms with Crippen LogP contribution in [0, 0.1) is 0 Å². The second kappa shape index (κ2) is 7.04. The second-order valence-electron chi connectivity index (χ2n) is 6.34. The molecule has 3 N–H and O–H groups in total.